The summed E-state index contributed by atoms with van der Waals surface area (Å²) in [7, 11) is 2.68. The van der Waals surface area contributed by atoms with Gasteiger partial charge >= 0.3 is 5.97 Å². The van der Waals surface area contributed by atoms with Crippen molar-refractivity contribution in [2.75, 3.05) is 20.8 Å². The summed E-state index contributed by atoms with van der Waals surface area (Å²) >= 11 is 6.48. The summed E-state index contributed by atoms with van der Waals surface area (Å²) in [6.07, 6.45) is -6.73. The Bertz CT molecular complexity index is 1280. The molecular formula is C26H31ClN2O9. The average Bonchev–Trinajstić information content (AvgIpc) is 3.29. The fourth-order valence-corrected chi connectivity index (χ4v) is 4.74. The number of methoxy groups -OCH3 is 2. The number of nitrogens with zero attached hydrogens (tertiary/aromatic N) is 2. The molecule has 0 unspecified atom stereocenters. The van der Waals surface area contributed by atoms with Gasteiger partial charge in [0, 0.05) is 13.2 Å². The summed E-state index contributed by atoms with van der Waals surface area (Å²) < 4.78 is 29.2. The summed E-state index contributed by atoms with van der Waals surface area (Å²) in [5, 5.41) is 30.4. The van der Waals surface area contributed by atoms with E-state index in [0.717, 1.165) is 11.0 Å². The Labute approximate surface area is 224 Å². The van der Waals surface area contributed by atoms with Crippen LogP contribution in [0.25, 0.3) is 11.0 Å². The van der Waals surface area contributed by atoms with Gasteiger partial charge in [-0.15, -0.1) is 0 Å². The van der Waals surface area contributed by atoms with Crippen molar-refractivity contribution in [1.82, 2.24) is 9.55 Å². The number of hydrogen-bond acceptors (Lipinski definition) is 10. The second-order valence-corrected chi connectivity index (χ2v) is 9.48. The third-order valence-corrected chi connectivity index (χ3v) is 6.57. The van der Waals surface area contributed by atoms with Crippen molar-refractivity contribution in [2.24, 2.45) is 0 Å². The van der Waals surface area contributed by atoms with Gasteiger partial charge in [0.1, 0.15) is 30.7 Å². The molecule has 38 heavy (non-hydrogen) atoms. The Hall–Kier alpha value is -2.93. The summed E-state index contributed by atoms with van der Waals surface area (Å²) in [5.74, 6) is 0.195. The number of carbonyl (C=O) groups is 1. The first-order valence-corrected chi connectivity index (χ1v) is 12.4. The molecule has 12 heteroatoms. The highest BCUT2D eigenvalue weighted by atomic mass is 35.5. The number of carbonyl (C=O) groups excluding carboxylic acids is 1. The van der Waals surface area contributed by atoms with Crippen molar-refractivity contribution in [3.05, 3.63) is 52.8 Å². The van der Waals surface area contributed by atoms with Crippen LogP contribution in [0.4, 0.5) is 0 Å². The van der Waals surface area contributed by atoms with Gasteiger partial charge < -0.3 is 43.6 Å². The molecule has 206 valence electrons. The minimum Gasteiger partial charge on any atom is -0.493 e. The van der Waals surface area contributed by atoms with Crippen molar-refractivity contribution >= 4 is 28.6 Å². The van der Waals surface area contributed by atoms with Gasteiger partial charge in [-0.2, -0.15) is 0 Å². The Morgan fingerprint density at radius 1 is 1.18 bits per heavy atom. The number of benzene rings is 2. The SMILES string of the molecule is COc1cc(C(=O)O[C@H]2[C@H](O)[C@@H](O)[C@@H](OC)O[C@@H]2CO)cc(Cl)c1OCc1nc2ccccc2n1C(C)C. The topological polar surface area (TPSA) is 142 Å². The van der Waals surface area contributed by atoms with E-state index in [9.17, 15) is 20.1 Å². The van der Waals surface area contributed by atoms with E-state index in [2.05, 4.69) is 23.4 Å². The molecule has 0 amide bonds. The van der Waals surface area contributed by atoms with Crippen LogP contribution in [-0.4, -0.2) is 82.4 Å². The number of esters is 1. The molecule has 0 aliphatic carbocycles. The van der Waals surface area contributed by atoms with Crippen LogP contribution in [0.5, 0.6) is 11.5 Å². The van der Waals surface area contributed by atoms with E-state index < -0.39 is 43.3 Å². The largest absolute Gasteiger partial charge is 0.493 e. The Balaban J connectivity index is 1.55. The van der Waals surface area contributed by atoms with Crippen LogP contribution in [0.2, 0.25) is 5.02 Å². The number of imidazole rings is 1. The third-order valence-electron chi connectivity index (χ3n) is 6.29. The first kappa shape index (κ1) is 28.1. The van der Waals surface area contributed by atoms with E-state index >= 15 is 0 Å². The standard InChI is InChI=1S/C26H31ClN2O9/c1-13(2)29-17-8-6-5-7-16(17)28-20(29)12-36-23-15(27)9-14(10-18(23)34-3)25(33)38-24-19(11-30)37-26(35-4)22(32)21(24)31/h5-10,13,19,21-22,24,26,30-32H,11-12H2,1-4H3/t19-,21-,22-,24-,26+/m1/s1. The monoisotopic (exact) mass is 550 g/mol. The fourth-order valence-electron chi connectivity index (χ4n) is 4.47. The maximum Gasteiger partial charge on any atom is 0.338 e. The van der Waals surface area contributed by atoms with Gasteiger partial charge in [0.2, 0.25) is 0 Å². The van der Waals surface area contributed by atoms with Gasteiger partial charge in [0.05, 0.1) is 35.3 Å². The fraction of sp³-hybridized carbons (Fsp3) is 0.462. The van der Waals surface area contributed by atoms with Crippen molar-refractivity contribution < 1.29 is 43.8 Å². The lowest BCUT2D eigenvalue weighted by atomic mass is 9.99. The van der Waals surface area contributed by atoms with Gasteiger partial charge in [-0.3, -0.25) is 0 Å². The molecule has 1 saturated heterocycles. The zero-order chi connectivity index (χ0) is 27.6. The van der Waals surface area contributed by atoms with Crippen LogP contribution < -0.4 is 9.47 Å². The number of ether oxygens (including phenoxy) is 5. The lowest BCUT2D eigenvalue weighted by Crippen LogP contribution is -2.60. The molecule has 1 aliphatic heterocycles. The summed E-state index contributed by atoms with van der Waals surface area (Å²) in [4.78, 5) is 17.6. The quantitative estimate of drug-likeness (QED) is 0.340. The maximum atomic E-state index is 13.0. The van der Waals surface area contributed by atoms with E-state index in [4.69, 9.17) is 35.3 Å². The second-order valence-electron chi connectivity index (χ2n) is 9.07. The summed E-state index contributed by atoms with van der Waals surface area (Å²) in [6.45, 7) is 3.61. The van der Waals surface area contributed by atoms with Crippen LogP contribution in [0.3, 0.4) is 0 Å². The molecule has 1 aromatic heterocycles. The van der Waals surface area contributed by atoms with Crippen LogP contribution in [0.1, 0.15) is 36.1 Å². The van der Waals surface area contributed by atoms with Crippen LogP contribution in [0, 0.1) is 0 Å². The van der Waals surface area contributed by atoms with E-state index in [1.807, 2.05) is 24.3 Å². The molecule has 0 saturated carbocycles. The highest BCUT2D eigenvalue weighted by Crippen LogP contribution is 2.38. The van der Waals surface area contributed by atoms with Crippen LogP contribution >= 0.6 is 11.6 Å². The number of aliphatic hydroxyl groups excluding tert-OH is 3. The molecule has 0 bridgehead atoms. The predicted molar refractivity (Wildman–Crippen MR) is 136 cm³/mol. The van der Waals surface area contributed by atoms with Crippen LogP contribution in [0.15, 0.2) is 36.4 Å². The minimum absolute atomic E-state index is 0.000800. The van der Waals surface area contributed by atoms with Gasteiger partial charge in [0.15, 0.2) is 23.9 Å². The lowest BCUT2D eigenvalue weighted by molar-refractivity contribution is -0.293. The number of rotatable bonds is 9. The lowest BCUT2D eigenvalue weighted by Gasteiger charge is -2.40. The maximum absolute atomic E-state index is 13.0. The number of halogens is 1. The molecule has 1 fully saturated rings. The van der Waals surface area contributed by atoms with Gasteiger partial charge in [-0.05, 0) is 38.1 Å². The molecule has 11 nitrogen and oxygen atoms in total. The molecule has 1 aliphatic rings. The Morgan fingerprint density at radius 2 is 1.92 bits per heavy atom. The predicted octanol–water partition coefficient (Wildman–Crippen LogP) is 2.47. The summed E-state index contributed by atoms with van der Waals surface area (Å²) in [5.41, 5.74) is 1.82. The molecule has 0 radical (unpaired) electrons. The van der Waals surface area contributed by atoms with Crippen molar-refractivity contribution in [1.29, 1.82) is 0 Å². The molecule has 4 rings (SSSR count). The third kappa shape index (κ3) is 5.44. The highest BCUT2D eigenvalue weighted by molar-refractivity contribution is 6.32. The van der Waals surface area contributed by atoms with E-state index in [1.165, 1.54) is 26.4 Å². The molecule has 3 aromatic rings. The molecule has 2 heterocycles. The molecule has 5 atom stereocenters. The van der Waals surface area contributed by atoms with Gasteiger partial charge in [-0.25, -0.2) is 9.78 Å². The average molecular weight is 551 g/mol. The molecule has 2 aromatic carbocycles. The van der Waals surface area contributed by atoms with E-state index in [1.54, 1.807) is 0 Å². The molecule has 3 N–H and O–H groups in total. The smallest absolute Gasteiger partial charge is 0.338 e. The first-order valence-electron chi connectivity index (χ1n) is 12.0. The Kier molecular flexibility index (Phi) is 8.76. The zero-order valence-corrected chi connectivity index (χ0v) is 22.2. The molecular weight excluding hydrogens is 520 g/mol. The van der Waals surface area contributed by atoms with Crippen molar-refractivity contribution in [3.8, 4) is 11.5 Å². The number of para-hydroxylation sites is 2. The van der Waals surface area contributed by atoms with E-state index in [-0.39, 0.29) is 34.7 Å². The number of fused-ring (bicyclic) bond motifs is 1. The van der Waals surface area contributed by atoms with Crippen LogP contribution in [-0.2, 0) is 20.8 Å². The Morgan fingerprint density at radius 3 is 2.58 bits per heavy atom. The summed E-state index contributed by atoms with van der Waals surface area (Å²) in [6, 6.07) is 10.6. The van der Waals surface area contributed by atoms with Crippen molar-refractivity contribution in [3.63, 3.8) is 0 Å². The molecule has 0 spiro atoms. The zero-order valence-electron chi connectivity index (χ0n) is 21.4. The normalized spacial score (nSPS) is 23.6. The highest BCUT2D eigenvalue weighted by Gasteiger charge is 2.46. The van der Waals surface area contributed by atoms with E-state index in [0.29, 0.717) is 5.82 Å². The number of hydrogen-bond donors (Lipinski definition) is 3. The number of aromatic nitrogens is 2. The second kappa shape index (κ2) is 11.9. The van der Waals surface area contributed by atoms with Crippen molar-refractivity contribution in [2.45, 2.75) is 57.2 Å². The van der Waals surface area contributed by atoms with Gasteiger partial charge in [0.25, 0.3) is 0 Å². The minimum atomic E-state index is -1.56. The number of aliphatic hydroxyl groups is 3. The van der Waals surface area contributed by atoms with Gasteiger partial charge in [-0.1, -0.05) is 23.7 Å². The first-order chi connectivity index (χ1) is 18.2.